The highest BCUT2D eigenvalue weighted by molar-refractivity contribution is 5.25. The third kappa shape index (κ3) is 3.00. The summed E-state index contributed by atoms with van der Waals surface area (Å²) >= 11 is 0. The molecule has 90 valence electrons. The number of nitrogens with two attached hydrogens (primary N) is 1. The molecule has 0 aliphatic carbocycles. The second-order valence-corrected chi connectivity index (χ2v) is 4.23. The zero-order valence-electron chi connectivity index (χ0n) is 9.40. The molecule has 0 amide bonds. The van der Waals surface area contributed by atoms with E-state index >= 15 is 0 Å². The molecule has 0 aliphatic heterocycles. The van der Waals surface area contributed by atoms with Crippen molar-refractivity contribution < 1.29 is 13.9 Å². The highest BCUT2D eigenvalue weighted by atomic mass is 19.3. The molecule has 2 nitrogen and oxygen atoms in total. The van der Waals surface area contributed by atoms with E-state index in [2.05, 4.69) is 0 Å². The number of benzene rings is 1. The number of alkyl halides is 2. The highest BCUT2D eigenvalue weighted by Crippen LogP contribution is 2.24. The topological polar surface area (TPSA) is 46.2 Å². The van der Waals surface area contributed by atoms with E-state index in [1.165, 1.54) is 24.3 Å². The first-order chi connectivity index (χ1) is 7.43. The minimum Gasteiger partial charge on any atom is -0.387 e. The molecular weight excluding hydrogens is 212 g/mol. The van der Waals surface area contributed by atoms with E-state index in [1.54, 1.807) is 0 Å². The number of hydrogen-bond acceptors (Lipinski definition) is 2. The first-order valence-corrected chi connectivity index (χ1v) is 5.25. The summed E-state index contributed by atoms with van der Waals surface area (Å²) in [6, 6.07) is 5.23. The molecule has 0 heterocycles. The maximum atomic E-state index is 12.3. The van der Waals surface area contributed by atoms with Crippen LogP contribution >= 0.6 is 0 Å². The summed E-state index contributed by atoms with van der Waals surface area (Å²) < 4.78 is 24.6. The van der Waals surface area contributed by atoms with E-state index in [1.807, 2.05) is 13.8 Å². The molecule has 0 aliphatic rings. The van der Waals surface area contributed by atoms with Crippen molar-refractivity contribution in [2.24, 2.45) is 11.7 Å². The summed E-state index contributed by atoms with van der Waals surface area (Å²) in [5.74, 6) is 0.129. The molecule has 0 saturated carbocycles. The van der Waals surface area contributed by atoms with Crippen LogP contribution in [0.2, 0.25) is 0 Å². The molecule has 1 aromatic carbocycles. The summed E-state index contributed by atoms with van der Waals surface area (Å²) in [6.07, 6.45) is -3.29. The SMILES string of the molecule is CC(C)C(N)C(O)c1ccc(C(F)F)cc1. The minimum atomic E-state index is -2.48. The Labute approximate surface area is 94.1 Å². The number of hydrogen-bond donors (Lipinski definition) is 2. The lowest BCUT2D eigenvalue weighted by Gasteiger charge is -2.22. The van der Waals surface area contributed by atoms with Crippen molar-refractivity contribution in [3.63, 3.8) is 0 Å². The third-order valence-electron chi connectivity index (χ3n) is 2.66. The quantitative estimate of drug-likeness (QED) is 0.833. The van der Waals surface area contributed by atoms with E-state index < -0.39 is 18.6 Å². The Morgan fingerprint density at radius 1 is 1.06 bits per heavy atom. The van der Waals surface area contributed by atoms with Gasteiger partial charge in [-0.05, 0) is 11.5 Å². The van der Waals surface area contributed by atoms with Crippen molar-refractivity contribution in [3.05, 3.63) is 35.4 Å². The molecule has 0 aromatic heterocycles. The summed E-state index contributed by atoms with van der Waals surface area (Å²) in [7, 11) is 0. The second kappa shape index (κ2) is 5.37. The zero-order chi connectivity index (χ0) is 12.3. The smallest absolute Gasteiger partial charge is 0.263 e. The molecule has 0 spiro atoms. The summed E-state index contributed by atoms with van der Waals surface area (Å²) in [6.45, 7) is 3.81. The highest BCUT2D eigenvalue weighted by Gasteiger charge is 2.20. The third-order valence-corrected chi connectivity index (χ3v) is 2.66. The van der Waals surface area contributed by atoms with Crippen molar-refractivity contribution in [2.45, 2.75) is 32.4 Å². The molecule has 1 rings (SSSR count). The van der Waals surface area contributed by atoms with Gasteiger partial charge in [-0.25, -0.2) is 8.78 Å². The van der Waals surface area contributed by atoms with Crippen LogP contribution in [0.25, 0.3) is 0 Å². The van der Waals surface area contributed by atoms with Gasteiger partial charge in [0.15, 0.2) is 0 Å². The van der Waals surface area contributed by atoms with E-state index in [0.29, 0.717) is 5.56 Å². The van der Waals surface area contributed by atoms with Gasteiger partial charge in [-0.15, -0.1) is 0 Å². The predicted octanol–water partition coefficient (Wildman–Crippen LogP) is 2.64. The van der Waals surface area contributed by atoms with Crippen LogP contribution < -0.4 is 5.73 Å². The van der Waals surface area contributed by atoms with Crippen LogP contribution in [0.3, 0.4) is 0 Å². The first kappa shape index (κ1) is 13.1. The van der Waals surface area contributed by atoms with Crippen molar-refractivity contribution in [3.8, 4) is 0 Å². The molecule has 2 atom stereocenters. The van der Waals surface area contributed by atoms with Gasteiger partial charge < -0.3 is 10.8 Å². The van der Waals surface area contributed by atoms with Gasteiger partial charge in [0.05, 0.1) is 6.10 Å². The Hall–Kier alpha value is -1.00. The standard InChI is InChI=1S/C12H17F2NO/c1-7(2)10(15)11(16)8-3-5-9(6-4-8)12(13)14/h3-7,10-12,16H,15H2,1-2H3. The molecule has 1 aromatic rings. The molecule has 0 radical (unpaired) electrons. The maximum absolute atomic E-state index is 12.3. The van der Waals surface area contributed by atoms with E-state index in [0.717, 1.165) is 0 Å². The molecule has 16 heavy (non-hydrogen) atoms. The fourth-order valence-corrected chi connectivity index (χ4v) is 1.43. The number of halogens is 2. The Balaban J connectivity index is 2.81. The lowest BCUT2D eigenvalue weighted by atomic mass is 9.94. The van der Waals surface area contributed by atoms with Gasteiger partial charge in [0, 0.05) is 11.6 Å². The van der Waals surface area contributed by atoms with Gasteiger partial charge in [-0.1, -0.05) is 38.1 Å². The van der Waals surface area contributed by atoms with Crippen LogP contribution in [0.5, 0.6) is 0 Å². The summed E-state index contributed by atoms with van der Waals surface area (Å²) in [4.78, 5) is 0. The first-order valence-electron chi connectivity index (χ1n) is 5.25. The van der Waals surface area contributed by atoms with Gasteiger partial charge >= 0.3 is 0 Å². The Morgan fingerprint density at radius 2 is 1.50 bits per heavy atom. The maximum Gasteiger partial charge on any atom is 0.263 e. The summed E-state index contributed by atoms with van der Waals surface area (Å²) in [5, 5.41) is 9.88. The summed E-state index contributed by atoms with van der Waals surface area (Å²) in [5.41, 5.74) is 6.32. The monoisotopic (exact) mass is 229 g/mol. The van der Waals surface area contributed by atoms with Crippen molar-refractivity contribution in [1.29, 1.82) is 0 Å². The molecule has 2 unspecified atom stereocenters. The van der Waals surface area contributed by atoms with Crippen LogP contribution in [0.1, 0.15) is 37.5 Å². The van der Waals surface area contributed by atoms with Gasteiger partial charge in [0.2, 0.25) is 0 Å². The molecule has 3 N–H and O–H groups in total. The van der Waals surface area contributed by atoms with Gasteiger partial charge in [-0.2, -0.15) is 0 Å². The minimum absolute atomic E-state index is 0.0472. The number of aliphatic hydroxyl groups is 1. The number of aliphatic hydroxyl groups excluding tert-OH is 1. The molecule has 0 fully saturated rings. The lowest BCUT2D eigenvalue weighted by molar-refractivity contribution is 0.125. The van der Waals surface area contributed by atoms with E-state index in [-0.39, 0.29) is 11.5 Å². The average molecular weight is 229 g/mol. The number of rotatable bonds is 4. The van der Waals surface area contributed by atoms with Crippen LogP contribution in [-0.4, -0.2) is 11.1 Å². The predicted molar refractivity (Wildman–Crippen MR) is 59.2 cm³/mol. The fraction of sp³-hybridized carbons (Fsp3) is 0.500. The fourth-order valence-electron chi connectivity index (χ4n) is 1.43. The van der Waals surface area contributed by atoms with Crippen LogP contribution in [-0.2, 0) is 0 Å². The van der Waals surface area contributed by atoms with E-state index in [4.69, 9.17) is 5.73 Å². The van der Waals surface area contributed by atoms with Gasteiger partial charge in [0.1, 0.15) is 0 Å². The average Bonchev–Trinajstić information content (AvgIpc) is 2.27. The van der Waals surface area contributed by atoms with Crippen molar-refractivity contribution >= 4 is 0 Å². The molecular formula is C12H17F2NO. The normalized spacial score (nSPS) is 15.5. The van der Waals surface area contributed by atoms with E-state index in [9.17, 15) is 13.9 Å². The van der Waals surface area contributed by atoms with Crippen LogP contribution in [0.4, 0.5) is 8.78 Å². The largest absolute Gasteiger partial charge is 0.387 e. The lowest BCUT2D eigenvalue weighted by Crippen LogP contribution is -2.33. The Bertz CT molecular complexity index is 324. The Morgan fingerprint density at radius 3 is 1.88 bits per heavy atom. The molecule has 0 saturated heterocycles. The van der Waals surface area contributed by atoms with Crippen molar-refractivity contribution in [1.82, 2.24) is 0 Å². The van der Waals surface area contributed by atoms with Crippen molar-refractivity contribution in [2.75, 3.05) is 0 Å². The van der Waals surface area contributed by atoms with Gasteiger partial charge in [-0.3, -0.25) is 0 Å². The zero-order valence-corrected chi connectivity index (χ0v) is 9.40. The van der Waals surface area contributed by atoms with Crippen LogP contribution in [0.15, 0.2) is 24.3 Å². The Kier molecular flexibility index (Phi) is 4.38. The molecule has 4 heteroatoms. The molecule has 0 bridgehead atoms. The van der Waals surface area contributed by atoms with Gasteiger partial charge in [0.25, 0.3) is 6.43 Å². The second-order valence-electron chi connectivity index (χ2n) is 4.23. The van der Waals surface area contributed by atoms with Crippen LogP contribution in [0, 0.1) is 5.92 Å².